The number of hydrogen-bond acceptors (Lipinski definition) is 3. The maximum absolute atomic E-state index is 12.3. The van der Waals surface area contributed by atoms with Crippen molar-refractivity contribution in [2.75, 3.05) is 0 Å². The van der Waals surface area contributed by atoms with Crippen LogP contribution in [0.4, 0.5) is 13.2 Å². The first kappa shape index (κ1) is 16.0. The van der Waals surface area contributed by atoms with Crippen molar-refractivity contribution in [1.29, 1.82) is 0 Å². The summed E-state index contributed by atoms with van der Waals surface area (Å²) >= 11 is 0. The minimum absolute atomic E-state index is 0.0620. The topological polar surface area (TPSA) is 86.6 Å². The first-order chi connectivity index (χ1) is 9.12. The Hall–Kier alpha value is -2.09. The number of alkyl halides is 3. The number of aliphatic carboxylic acids is 1. The second-order valence-corrected chi connectivity index (χ2v) is 4.09. The molecule has 20 heavy (non-hydrogen) atoms. The van der Waals surface area contributed by atoms with Crippen LogP contribution in [0.15, 0.2) is 24.3 Å². The average Bonchev–Trinajstić information content (AvgIpc) is 2.36. The van der Waals surface area contributed by atoms with Crippen molar-refractivity contribution in [3.8, 4) is 0 Å². The predicted octanol–water partition coefficient (Wildman–Crippen LogP) is 1.33. The first-order valence-corrected chi connectivity index (χ1v) is 5.51. The van der Waals surface area contributed by atoms with Gasteiger partial charge in [-0.25, -0.2) is 0 Å². The van der Waals surface area contributed by atoms with Crippen molar-refractivity contribution in [3.05, 3.63) is 35.4 Å². The third-order valence-electron chi connectivity index (χ3n) is 2.53. The molecule has 0 bridgehead atoms. The number of halogens is 3. The van der Waals surface area contributed by atoms with E-state index in [4.69, 9.17) is 5.11 Å². The molecule has 1 amide bonds. The highest BCUT2D eigenvalue weighted by atomic mass is 19.4. The van der Waals surface area contributed by atoms with Gasteiger partial charge in [0.05, 0.1) is 5.56 Å². The van der Waals surface area contributed by atoms with Gasteiger partial charge in [-0.1, -0.05) is 12.1 Å². The highest BCUT2D eigenvalue weighted by molar-refractivity contribution is 5.86. The van der Waals surface area contributed by atoms with Crippen LogP contribution in [0.25, 0.3) is 0 Å². The van der Waals surface area contributed by atoms with Crippen LogP contribution in [-0.4, -0.2) is 28.1 Å². The van der Waals surface area contributed by atoms with Gasteiger partial charge in [-0.3, -0.25) is 9.59 Å². The summed E-state index contributed by atoms with van der Waals surface area (Å²) in [5.41, 5.74) is -0.971. The molecule has 2 atom stereocenters. The fraction of sp³-hybridized carbons (Fsp3) is 0.333. The maximum Gasteiger partial charge on any atom is 0.416 e. The Kier molecular flexibility index (Phi) is 4.72. The number of carbonyl (C=O) groups is 2. The van der Waals surface area contributed by atoms with Gasteiger partial charge in [0.15, 0.2) is 6.10 Å². The van der Waals surface area contributed by atoms with Gasteiger partial charge in [-0.2, -0.15) is 13.2 Å². The Morgan fingerprint density at radius 2 is 1.70 bits per heavy atom. The molecule has 0 aromatic heterocycles. The van der Waals surface area contributed by atoms with Crippen LogP contribution in [0.3, 0.4) is 0 Å². The smallest absolute Gasteiger partial charge is 0.416 e. The third-order valence-corrected chi connectivity index (χ3v) is 2.53. The maximum atomic E-state index is 12.3. The van der Waals surface area contributed by atoms with Gasteiger partial charge in [-0.05, 0) is 24.6 Å². The second kappa shape index (κ2) is 5.91. The molecule has 110 valence electrons. The number of hydrogen-bond donors (Lipinski definition) is 3. The number of carbonyl (C=O) groups excluding carboxylic acids is 1. The molecule has 0 radical (unpaired) electrons. The van der Waals surface area contributed by atoms with E-state index in [0.717, 1.165) is 24.3 Å². The second-order valence-electron chi connectivity index (χ2n) is 4.09. The van der Waals surface area contributed by atoms with Crippen LogP contribution in [0.5, 0.6) is 0 Å². The largest absolute Gasteiger partial charge is 0.480 e. The third kappa shape index (κ3) is 3.95. The normalized spacial score (nSPS) is 14.4. The molecule has 0 saturated carbocycles. The Bertz CT molecular complexity index is 498. The molecule has 0 aliphatic carbocycles. The van der Waals surface area contributed by atoms with Crippen molar-refractivity contribution in [2.24, 2.45) is 0 Å². The Morgan fingerprint density at radius 1 is 1.20 bits per heavy atom. The quantitative estimate of drug-likeness (QED) is 0.781. The molecule has 8 heteroatoms. The standard InChI is InChI=1S/C12H12F3NO4/c1-6(11(19)20)16-10(18)9(17)7-2-4-8(5-3-7)12(13,14)15/h2-6,9,17H,1H3,(H,16,18)(H,19,20)/t6-,9+/m1/s1. The molecule has 3 N–H and O–H groups in total. The van der Waals surface area contributed by atoms with Crippen LogP contribution in [0.1, 0.15) is 24.2 Å². The monoisotopic (exact) mass is 291 g/mol. The Balaban J connectivity index is 2.80. The van der Waals surface area contributed by atoms with Crippen LogP contribution < -0.4 is 5.32 Å². The average molecular weight is 291 g/mol. The molecule has 0 fully saturated rings. The summed E-state index contributed by atoms with van der Waals surface area (Å²) < 4.78 is 37.0. The molecular weight excluding hydrogens is 279 g/mol. The molecule has 1 aromatic rings. The van der Waals surface area contributed by atoms with Crippen molar-refractivity contribution in [3.63, 3.8) is 0 Å². The van der Waals surface area contributed by atoms with Crippen LogP contribution in [-0.2, 0) is 15.8 Å². The summed E-state index contributed by atoms with van der Waals surface area (Å²) in [6.45, 7) is 1.19. The highest BCUT2D eigenvalue weighted by Gasteiger charge is 2.30. The number of rotatable bonds is 4. The van der Waals surface area contributed by atoms with Gasteiger partial charge in [0.1, 0.15) is 6.04 Å². The van der Waals surface area contributed by atoms with Gasteiger partial charge in [0, 0.05) is 0 Å². The van der Waals surface area contributed by atoms with Gasteiger partial charge < -0.3 is 15.5 Å². The van der Waals surface area contributed by atoms with E-state index in [-0.39, 0.29) is 5.56 Å². The van der Waals surface area contributed by atoms with E-state index in [1.54, 1.807) is 0 Å². The summed E-state index contributed by atoms with van der Waals surface area (Å²) in [6.07, 6.45) is -6.25. The van der Waals surface area contributed by atoms with E-state index in [2.05, 4.69) is 0 Å². The number of aliphatic hydroxyl groups is 1. The first-order valence-electron chi connectivity index (χ1n) is 5.51. The predicted molar refractivity (Wildman–Crippen MR) is 61.6 cm³/mol. The summed E-state index contributed by atoms with van der Waals surface area (Å²) in [4.78, 5) is 22.0. The van der Waals surface area contributed by atoms with Crippen molar-refractivity contribution in [1.82, 2.24) is 5.32 Å². The van der Waals surface area contributed by atoms with Crippen LogP contribution in [0, 0.1) is 0 Å². The highest BCUT2D eigenvalue weighted by Crippen LogP contribution is 2.29. The SMILES string of the molecule is C[C@@H](NC(=O)[C@@H](O)c1ccc(C(F)(F)F)cc1)C(=O)O. The lowest BCUT2D eigenvalue weighted by atomic mass is 10.1. The number of carboxylic acids is 1. The molecule has 0 spiro atoms. The Morgan fingerprint density at radius 3 is 2.10 bits per heavy atom. The van der Waals surface area contributed by atoms with Crippen molar-refractivity contribution >= 4 is 11.9 Å². The minimum Gasteiger partial charge on any atom is -0.480 e. The van der Waals surface area contributed by atoms with E-state index in [1.165, 1.54) is 6.92 Å². The lowest BCUT2D eigenvalue weighted by Crippen LogP contribution is -2.41. The van der Waals surface area contributed by atoms with E-state index >= 15 is 0 Å². The van der Waals surface area contributed by atoms with Gasteiger partial charge in [-0.15, -0.1) is 0 Å². The van der Waals surface area contributed by atoms with Crippen molar-refractivity contribution < 1.29 is 33.0 Å². The molecule has 0 unspecified atom stereocenters. The molecule has 5 nitrogen and oxygen atoms in total. The van der Waals surface area contributed by atoms with E-state index in [0.29, 0.717) is 0 Å². The summed E-state index contributed by atoms with van der Waals surface area (Å²) in [5.74, 6) is -2.29. The van der Waals surface area contributed by atoms with Gasteiger partial charge >= 0.3 is 12.1 Å². The van der Waals surface area contributed by atoms with Crippen LogP contribution >= 0.6 is 0 Å². The number of benzene rings is 1. The number of aliphatic hydroxyl groups excluding tert-OH is 1. The minimum atomic E-state index is -4.51. The molecule has 0 aliphatic rings. The molecular formula is C12H12F3NO4. The van der Waals surface area contributed by atoms with Crippen LogP contribution in [0.2, 0.25) is 0 Å². The van der Waals surface area contributed by atoms with E-state index < -0.39 is 35.8 Å². The fourth-order valence-corrected chi connectivity index (χ4v) is 1.36. The zero-order valence-corrected chi connectivity index (χ0v) is 10.3. The zero-order chi connectivity index (χ0) is 15.5. The van der Waals surface area contributed by atoms with E-state index in [9.17, 15) is 27.9 Å². The molecule has 0 heterocycles. The molecule has 0 aliphatic heterocycles. The fourth-order valence-electron chi connectivity index (χ4n) is 1.36. The zero-order valence-electron chi connectivity index (χ0n) is 10.3. The number of amides is 1. The molecule has 0 saturated heterocycles. The van der Waals surface area contributed by atoms with E-state index in [1.807, 2.05) is 5.32 Å². The lowest BCUT2D eigenvalue weighted by molar-refractivity contribution is -0.143. The van der Waals surface area contributed by atoms with Gasteiger partial charge in [0.25, 0.3) is 5.91 Å². The van der Waals surface area contributed by atoms with Gasteiger partial charge in [0.2, 0.25) is 0 Å². The number of nitrogens with one attached hydrogen (secondary N) is 1. The Labute approximate surface area is 112 Å². The number of carboxylic acid groups (broad SMARTS) is 1. The lowest BCUT2D eigenvalue weighted by Gasteiger charge is -2.15. The summed E-state index contributed by atoms with van der Waals surface area (Å²) in [5, 5.41) is 20.2. The van der Waals surface area contributed by atoms with Crippen molar-refractivity contribution in [2.45, 2.75) is 25.2 Å². The molecule has 1 rings (SSSR count). The molecule has 1 aromatic carbocycles. The summed E-state index contributed by atoms with van der Waals surface area (Å²) in [6, 6.07) is 2.15. The summed E-state index contributed by atoms with van der Waals surface area (Å²) in [7, 11) is 0.